The Morgan fingerprint density at radius 2 is 1.54 bits per heavy atom. The van der Waals surface area contributed by atoms with E-state index in [0.29, 0.717) is 5.92 Å². The van der Waals surface area contributed by atoms with Crippen LogP contribution in [0, 0.1) is 11.3 Å². The Hall–Kier alpha value is -0.0400. The summed E-state index contributed by atoms with van der Waals surface area (Å²) in [5, 5.41) is 10.1. The van der Waals surface area contributed by atoms with Crippen LogP contribution in [0.5, 0.6) is 0 Å². The van der Waals surface area contributed by atoms with Crippen molar-refractivity contribution in [1.29, 1.82) is 0 Å². The van der Waals surface area contributed by atoms with Gasteiger partial charge in [0, 0.05) is 0 Å². The summed E-state index contributed by atoms with van der Waals surface area (Å²) in [6, 6.07) is 0. The molecule has 0 rings (SSSR count). The molecule has 0 spiro atoms. The number of hydrogen-bond acceptors (Lipinski definition) is 1. The van der Waals surface area contributed by atoms with Crippen LogP contribution >= 0.6 is 0 Å². The second-order valence-electron chi connectivity index (χ2n) is 5.17. The van der Waals surface area contributed by atoms with Crippen LogP contribution in [0.4, 0.5) is 0 Å². The highest BCUT2D eigenvalue weighted by Gasteiger charge is 2.40. The Morgan fingerprint density at radius 1 is 1.08 bits per heavy atom. The van der Waals surface area contributed by atoms with Crippen LogP contribution in [0.25, 0.3) is 0 Å². The van der Waals surface area contributed by atoms with Gasteiger partial charge in [-0.1, -0.05) is 47.0 Å². The first-order chi connectivity index (χ1) is 5.77. The van der Waals surface area contributed by atoms with E-state index in [0.717, 1.165) is 6.42 Å². The molecule has 1 atom stereocenters. The maximum absolute atomic E-state index is 10.1. The van der Waals surface area contributed by atoms with E-state index < -0.39 is 5.60 Å². The van der Waals surface area contributed by atoms with Crippen molar-refractivity contribution in [3.63, 3.8) is 0 Å². The maximum Gasteiger partial charge on any atom is 0.0645 e. The molecule has 0 aliphatic heterocycles. The quantitative estimate of drug-likeness (QED) is 0.695. The average Bonchev–Trinajstić information content (AvgIpc) is 1.97. The zero-order valence-corrected chi connectivity index (χ0v) is 10.1. The minimum absolute atomic E-state index is 0.0117. The molecule has 0 heterocycles. The van der Waals surface area contributed by atoms with Gasteiger partial charge in [0.2, 0.25) is 0 Å². The van der Waals surface area contributed by atoms with E-state index in [9.17, 15) is 5.11 Å². The van der Waals surface area contributed by atoms with Gasteiger partial charge < -0.3 is 5.11 Å². The molecule has 13 heavy (non-hydrogen) atoms. The molecular weight excluding hydrogens is 160 g/mol. The van der Waals surface area contributed by atoms with Gasteiger partial charge in [-0.3, -0.25) is 0 Å². The lowest BCUT2D eigenvalue weighted by molar-refractivity contribution is -0.0718. The standard InChI is InChI=1S/C12H26O/c1-7-9-10(8-2)11(3,4)12(5,6)13/h10,13H,7-9H2,1-6H3. The van der Waals surface area contributed by atoms with Crippen LogP contribution in [0.15, 0.2) is 0 Å². The molecule has 0 aromatic rings. The van der Waals surface area contributed by atoms with E-state index >= 15 is 0 Å². The molecule has 0 aliphatic rings. The van der Waals surface area contributed by atoms with Gasteiger partial charge in [0.15, 0.2) is 0 Å². The molecule has 0 aromatic heterocycles. The van der Waals surface area contributed by atoms with Crippen LogP contribution in [-0.4, -0.2) is 10.7 Å². The van der Waals surface area contributed by atoms with E-state index in [-0.39, 0.29) is 5.41 Å². The summed E-state index contributed by atoms with van der Waals surface area (Å²) in [4.78, 5) is 0. The summed E-state index contributed by atoms with van der Waals surface area (Å²) >= 11 is 0. The van der Waals surface area contributed by atoms with Crippen LogP contribution in [0.3, 0.4) is 0 Å². The van der Waals surface area contributed by atoms with Gasteiger partial charge >= 0.3 is 0 Å². The third kappa shape index (κ3) is 2.98. The molecule has 0 saturated heterocycles. The first-order valence-corrected chi connectivity index (χ1v) is 5.49. The summed E-state index contributed by atoms with van der Waals surface area (Å²) in [5.74, 6) is 0.623. The van der Waals surface area contributed by atoms with E-state index in [1.54, 1.807) is 0 Å². The lowest BCUT2D eigenvalue weighted by Crippen LogP contribution is -2.44. The van der Waals surface area contributed by atoms with Gasteiger partial charge in [0.1, 0.15) is 0 Å². The van der Waals surface area contributed by atoms with Crippen molar-refractivity contribution in [3.8, 4) is 0 Å². The molecule has 80 valence electrons. The van der Waals surface area contributed by atoms with Gasteiger partial charge in [-0.15, -0.1) is 0 Å². The third-order valence-corrected chi connectivity index (χ3v) is 3.73. The van der Waals surface area contributed by atoms with Crippen molar-refractivity contribution in [1.82, 2.24) is 0 Å². The largest absolute Gasteiger partial charge is 0.390 e. The maximum atomic E-state index is 10.1. The Bertz CT molecular complexity index is 142. The molecule has 0 radical (unpaired) electrons. The van der Waals surface area contributed by atoms with Gasteiger partial charge in [0.25, 0.3) is 0 Å². The van der Waals surface area contributed by atoms with Gasteiger partial charge in [-0.2, -0.15) is 0 Å². The fourth-order valence-corrected chi connectivity index (χ4v) is 1.92. The fourth-order valence-electron chi connectivity index (χ4n) is 1.92. The van der Waals surface area contributed by atoms with Crippen molar-refractivity contribution in [2.45, 2.75) is 66.4 Å². The smallest absolute Gasteiger partial charge is 0.0645 e. The second-order valence-corrected chi connectivity index (χ2v) is 5.17. The number of aliphatic hydroxyl groups is 1. The number of rotatable bonds is 5. The topological polar surface area (TPSA) is 20.2 Å². The minimum atomic E-state index is -0.581. The summed E-state index contributed by atoms with van der Waals surface area (Å²) in [5.41, 5.74) is -0.569. The molecule has 0 bridgehead atoms. The molecule has 0 fully saturated rings. The summed E-state index contributed by atoms with van der Waals surface area (Å²) < 4.78 is 0. The summed E-state index contributed by atoms with van der Waals surface area (Å²) in [6.07, 6.45) is 3.58. The first-order valence-electron chi connectivity index (χ1n) is 5.49. The van der Waals surface area contributed by atoms with Crippen molar-refractivity contribution in [3.05, 3.63) is 0 Å². The predicted octanol–water partition coefficient (Wildman–Crippen LogP) is 3.61. The van der Waals surface area contributed by atoms with E-state index in [2.05, 4.69) is 27.7 Å². The highest BCUT2D eigenvalue weighted by atomic mass is 16.3. The molecule has 1 unspecified atom stereocenters. The highest BCUT2D eigenvalue weighted by molar-refractivity contribution is 4.90. The zero-order chi connectivity index (χ0) is 10.7. The second kappa shape index (κ2) is 4.45. The normalized spacial score (nSPS) is 15.9. The van der Waals surface area contributed by atoms with Gasteiger partial charge in [-0.25, -0.2) is 0 Å². The highest BCUT2D eigenvalue weighted by Crippen LogP contribution is 2.41. The SMILES string of the molecule is CCCC(CC)C(C)(C)C(C)(C)O. The summed E-state index contributed by atoms with van der Waals surface area (Å²) in [6.45, 7) is 12.6. The monoisotopic (exact) mass is 186 g/mol. The third-order valence-electron chi connectivity index (χ3n) is 3.73. The van der Waals surface area contributed by atoms with Gasteiger partial charge in [-0.05, 0) is 25.2 Å². The van der Waals surface area contributed by atoms with Crippen LogP contribution in [0.1, 0.15) is 60.8 Å². The fraction of sp³-hybridized carbons (Fsp3) is 1.00. The van der Waals surface area contributed by atoms with Crippen molar-refractivity contribution in [2.75, 3.05) is 0 Å². The lowest BCUT2D eigenvalue weighted by atomic mass is 9.65. The van der Waals surface area contributed by atoms with Crippen LogP contribution in [0.2, 0.25) is 0 Å². The molecule has 0 aliphatic carbocycles. The first kappa shape index (κ1) is 13.0. The summed E-state index contributed by atoms with van der Waals surface area (Å²) in [7, 11) is 0. The molecule has 0 amide bonds. The molecule has 0 aromatic carbocycles. The lowest BCUT2D eigenvalue weighted by Gasteiger charge is -2.43. The Balaban J connectivity index is 4.56. The Morgan fingerprint density at radius 3 is 1.77 bits per heavy atom. The average molecular weight is 186 g/mol. The Kier molecular flexibility index (Phi) is 4.44. The van der Waals surface area contributed by atoms with Gasteiger partial charge in [0.05, 0.1) is 5.60 Å². The predicted molar refractivity (Wildman–Crippen MR) is 58.8 cm³/mol. The number of hydrogen-bond donors (Lipinski definition) is 1. The minimum Gasteiger partial charge on any atom is -0.390 e. The van der Waals surface area contributed by atoms with E-state index in [1.165, 1.54) is 12.8 Å². The molecule has 0 saturated carbocycles. The molecule has 1 N–H and O–H groups in total. The molecular formula is C12H26O. The Labute approximate surface area is 83.5 Å². The van der Waals surface area contributed by atoms with Crippen LogP contribution in [-0.2, 0) is 0 Å². The van der Waals surface area contributed by atoms with Crippen molar-refractivity contribution in [2.24, 2.45) is 11.3 Å². The van der Waals surface area contributed by atoms with E-state index in [1.807, 2.05) is 13.8 Å². The zero-order valence-electron chi connectivity index (χ0n) is 10.1. The van der Waals surface area contributed by atoms with Crippen molar-refractivity contribution < 1.29 is 5.11 Å². The molecule has 1 nitrogen and oxygen atoms in total. The van der Waals surface area contributed by atoms with Crippen LogP contribution < -0.4 is 0 Å². The van der Waals surface area contributed by atoms with E-state index in [4.69, 9.17) is 0 Å². The van der Waals surface area contributed by atoms with Crippen molar-refractivity contribution >= 4 is 0 Å². The molecule has 1 heteroatoms.